The molecule has 0 spiro atoms. The Bertz CT molecular complexity index is 569. The Balaban J connectivity index is 2.71. The lowest BCUT2D eigenvalue weighted by atomic mass is 10.1. The third-order valence-electron chi connectivity index (χ3n) is 2.97. The summed E-state index contributed by atoms with van der Waals surface area (Å²) in [4.78, 5) is 0. The lowest BCUT2D eigenvalue weighted by Crippen LogP contribution is -2.05. The molecule has 0 atom stereocenters. The normalized spacial score (nSPS) is 12.6. The van der Waals surface area contributed by atoms with Gasteiger partial charge >= 0.3 is 6.18 Å². The first kappa shape index (κ1) is 13.0. The van der Waals surface area contributed by atoms with E-state index < -0.39 is 11.7 Å². The number of nitrogens with zero attached hydrogens (tertiary/aromatic N) is 1. The van der Waals surface area contributed by atoms with Gasteiger partial charge in [0.15, 0.2) is 0 Å². The number of fused-ring (bicyclic) bond motifs is 1. The maximum atomic E-state index is 12.7. The van der Waals surface area contributed by atoms with Gasteiger partial charge in [-0.25, -0.2) is 0 Å². The molecule has 0 amide bonds. The highest BCUT2D eigenvalue weighted by Gasteiger charge is 2.31. The second-order valence-electron chi connectivity index (χ2n) is 4.54. The largest absolute Gasteiger partial charge is 0.416 e. The highest BCUT2D eigenvalue weighted by atomic mass is 19.4. The van der Waals surface area contributed by atoms with Crippen LogP contribution in [-0.2, 0) is 12.8 Å². The summed E-state index contributed by atoms with van der Waals surface area (Å²) in [5.74, 6) is 0. The van der Waals surface area contributed by atoms with Crippen LogP contribution in [0.5, 0.6) is 0 Å². The summed E-state index contributed by atoms with van der Waals surface area (Å²) in [6.45, 7) is 3.60. The lowest BCUT2D eigenvalue weighted by molar-refractivity contribution is -0.137. The summed E-state index contributed by atoms with van der Waals surface area (Å²) in [6.07, 6.45) is -2.64. The number of aliphatic hydroxyl groups excluding tert-OH is 1. The minimum Gasteiger partial charge on any atom is -0.392 e. The van der Waals surface area contributed by atoms with Gasteiger partial charge in [0.25, 0.3) is 0 Å². The molecular formula is C13H14F3NO. The third-order valence-corrected chi connectivity index (χ3v) is 2.97. The van der Waals surface area contributed by atoms with E-state index in [2.05, 4.69) is 0 Å². The molecule has 5 heteroatoms. The van der Waals surface area contributed by atoms with E-state index in [1.165, 1.54) is 6.07 Å². The van der Waals surface area contributed by atoms with E-state index in [-0.39, 0.29) is 12.6 Å². The molecule has 0 aliphatic heterocycles. The van der Waals surface area contributed by atoms with Gasteiger partial charge in [0.1, 0.15) is 0 Å². The number of benzene rings is 1. The first-order chi connectivity index (χ1) is 8.34. The second-order valence-corrected chi connectivity index (χ2v) is 4.54. The van der Waals surface area contributed by atoms with Crippen molar-refractivity contribution < 1.29 is 18.3 Å². The SMILES string of the molecule is CC(C)n1cc(CO)c2ccc(C(F)(F)F)cc21. The summed E-state index contributed by atoms with van der Waals surface area (Å²) in [6, 6.07) is 3.64. The molecule has 1 aromatic carbocycles. The van der Waals surface area contributed by atoms with Gasteiger partial charge in [-0.2, -0.15) is 13.2 Å². The molecule has 1 heterocycles. The Morgan fingerprint density at radius 3 is 2.44 bits per heavy atom. The van der Waals surface area contributed by atoms with E-state index in [9.17, 15) is 18.3 Å². The van der Waals surface area contributed by atoms with E-state index in [0.29, 0.717) is 16.5 Å². The molecule has 0 bridgehead atoms. The summed E-state index contributed by atoms with van der Waals surface area (Å²) in [5, 5.41) is 9.89. The van der Waals surface area contributed by atoms with Crippen molar-refractivity contribution in [3.05, 3.63) is 35.5 Å². The molecule has 0 aliphatic carbocycles. The zero-order valence-corrected chi connectivity index (χ0v) is 10.1. The highest BCUT2D eigenvalue weighted by Crippen LogP contribution is 2.33. The van der Waals surface area contributed by atoms with Crippen LogP contribution >= 0.6 is 0 Å². The third kappa shape index (κ3) is 2.10. The number of alkyl halides is 3. The number of rotatable bonds is 2. The van der Waals surface area contributed by atoms with Gasteiger partial charge in [0.05, 0.1) is 12.2 Å². The fourth-order valence-electron chi connectivity index (χ4n) is 2.05. The number of hydrogen-bond acceptors (Lipinski definition) is 1. The van der Waals surface area contributed by atoms with Crippen LogP contribution in [0.1, 0.15) is 31.0 Å². The molecule has 98 valence electrons. The van der Waals surface area contributed by atoms with Gasteiger partial charge in [0.2, 0.25) is 0 Å². The van der Waals surface area contributed by atoms with Crippen LogP contribution < -0.4 is 0 Å². The van der Waals surface area contributed by atoms with Gasteiger partial charge in [-0.15, -0.1) is 0 Å². The van der Waals surface area contributed by atoms with E-state index in [1.54, 1.807) is 10.8 Å². The highest BCUT2D eigenvalue weighted by molar-refractivity contribution is 5.84. The molecule has 1 N–H and O–H groups in total. The zero-order chi connectivity index (χ0) is 13.5. The van der Waals surface area contributed by atoms with Crippen LogP contribution in [0, 0.1) is 0 Å². The van der Waals surface area contributed by atoms with Crippen molar-refractivity contribution in [3.63, 3.8) is 0 Å². The van der Waals surface area contributed by atoms with Crippen molar-refractivity contribution in [3.8, 4) is 0 Å². The Morgan fingerprint density at radius 2 is 1.94 bits per heavy atom. The minimum atomic E-state index is -4.35. The van der Waals surface area contributed by atoms with E-state index in [1.807, 2.05) is 13.8 Å². The number of aliphatic hydroxyl groups is 1. The van der Waals surface area contributed by atoms with Crippen LogP contribution in [0.15, 0.2) is 24.4 Å². The van der Waals surface area contributed by atoms with E-state index >= 15 is 0 Å². The molecule has 0 radical (unpaired) electrons. The smallest absolute Gasteiger partial charge is 0.392 e. The zero-order valence-electron chi connectivity index (χ0n) is 10.1. The standard InChI is InChI=1S/C13H14F3NO/c1-8(2)17-6-9(7-18)11-4-3-10(5-12(11)17)13(14,15)16/h3-6,8,18H,7H2,1-2H3. The predicted octanol–water partition coefficient (Wildman–Crippen LogP) is 3.73. The van der Waals surface area contributed by atoms with Crippen molar-refractivity contribution in [1.82, 2.24) is 4.57 Å². The Kier molecular flexibility index (Phi) is 3.11. The van der Waals surface area contributed by atoms with Crippen LogP contribution in [0.4, 0.5) is 13.2 Å². The van der Waals surface area contributed by atoms with E-state index in [0.717, 1.165) is 12.1 Å². The van der Waals surface area contributed by atoms with Crippen LogP contribution in [0.2, 0.25) is 0 Å². The summed E-state index contributed by atoms with van der Waals surface area (Å²) in [5.41, 5.74) is 0.482. The van der Waals surface area contributed by atoms with Crippen LogP contribution in [-0.4, -0.2) is 9.67 Å². The second kappa shape index (κ2) is 4.31. The van der Waals surface area contributed by atoms with Gasteiger partial charge in [-0.3, -0.25) is 0 Å². The average molecular weight is 257 g/mol. The topological polar surface area (TPSA) is 25.2 Å². The van der Waals surface area contributed by atoms with Gasteiger partial charge < -0.3 is 9.67 Å². The van der Waals surface area contributed by atoms with E-state index in [4.69, 9.17) is 0 Å². The molecule has 18 heavy (non-hydrogen) atoms. The average Bonchev–Trinajstić information content (AvgIpc) is 2.65. The quantitative estimate of drug-likeness (QED) is 0.871. The van der Waals surface area contributed by atoms with Crippen LogP contribution in [0.3, 0.4) is 0 Å². The first-order valence-electron chi connectivity index (χ1n) is 5.66. The minimum absolute atomic E-state index is 0.0382. The molecule has 2 nitrogen and oxygen atoms in total. The molecular weight excluding hydrogens is 243 g/mol. The summed E-state index contributed by atoms with van der Waals surface area (Å²) >= 11 is 0. The monoisotopic (exact) mass is 257 g/mol. The van der Waals surface area contributed by atoms with Crippen molar-refractivity contribution in [2.75, 3.05) is 0 Å². The van der Waals surface area contributed by atoms with Gasteiger partial charge in [0, 0.05) is 28.7 Å². The van der Waals surface area contributed by atoms with Crippen molar-refractivity contribution in [2.45, 2.75) is 32.7 Å². The molecule has 2 rings (SSSR count). The molecule has 0 fully saturated rings. The maximum Gasteiger partial charge on any atom is 0.416 e. The Morgan fingerprint density at radius 1 is 1.28 bits per heavy atom. The van der Waals surface area contributed by atoms with Gasteiger partial charge in [-0.1, -0.05) is 6.07 Å². The fourth-order valence-corrected chi connectivity index (χ4v) is 2.05. The van der Waals surface area contributed by atoms with Crippen LogP contribution in [0.25, 0.3) is 10.9 Å². The maximum absolute atomic E-state index is 12.7. The first-order valence-corrected chi connectivity index (χ1v) is 5.66. The molecule has 0 saturated carbocycles. The fraction of sp³-hybridized carbons (Fsp3) is 0.385. The van der Waals surface area contributed by atoms with Crippen molar-refractivity contribution in [1.29, 1.82) is 0 Å². The molecule has 0 unspecified atom stereocenters. The molecule has 0 saturated heterocycles. The summed E-state index contributed by atoms with van der Waals surface area (Å²) in [7, 11) is 0. The number of halogens is 3. The van der Waals surface area contributed by atoms with Crippen molar-refractivity contribution in [2.24, 2.45) is 0 Å². The predicted molar refractivity (Wildman–Crippen MR) is 63.2 cm³/mol. The number of aromatic nitrogens is 1. The molecule has 1 aromatic heterocycles. The number of hydrogen-bond donors (Lipinski definition) is 1. The lowest BCUT2D eigenvalue weighted by Gasteiger charge is -2.11. The Hall–Kier alpha value is -1.49. The summed E-state index contributed by atoms with van der Waals surface area (Å²) < 4.78 is 39.8. The molecule has 2 aromatic rings. The van der Waals surface area contributed by atoms with Gasteiger partial charge in [-0.05, 0) is 26.0 Å². The molecule has 0 aliphatic rings. The van der Waals surface area contributed by atoms with Crippen molar-refractivity contribution >= 4 is 10.9 Å². The Labute approximate surface area is 103 Å².